The Morgan fingerprint density at radius 2 is 2.17 bits per heavy atom. The number of piperidine rings is 1. The monoisotopic (exact) mass is 406 g/mol. The molecule has 29 heavy (non-hydrogen) atoms. The first kappa shape index (κ1) is 20.7. The van der Waals surface area contributed by atoms with Crippen LogP contribution in [-0.2, 0) is 9.53 Å². The number of benzene rings is 1. The number of amides is 2. The van der Waals surface area contributed by atoms with E-state index in [1.54, 1.807) is 11.8 Å². The molecule has 2 amide bonds. The molecule has 10 heteroatoms. The number of aryl methyl sites for hydroxylation is 1. The highest BCUT2D eigenvalue weighted by atomic mass is 19.1. The van der Waals surface area contributed by atoms with E-state index in [1.165, 1.54) is 26.4 Å². The van der Waals surface area contributed by atoms with Gasteiger partial charge in [-0.1, -0.05) is 5.16 Å². The second-order valence-corrected chi connectivity index (χ2v) is 6.78. The summed E-state index contributed by atoms with van der Waals surface area (Å²) in [6.45, 7) is 2.22. The zero-order valence-electron chi connectivity index (χ0n) is 16.5. The molecule has 0 spiro atoms. The molecule has 1 aliphatic rings. The molecule has 3 rings (SSSR count). The molecular formula is C19H23FN4O5. The van der Waals surface area contributed by atoms with Crippen LogP contribution in [0.5, 0.6) is 5.75 Å². The maximum absolute atomic E-state index is 14.0. The molecule has 1 aliphatic heterocycles. The van der Waals surface area contributed by atoms with Gasteiger partial charge in [0.2, 0.25) is 11.8 Å². The maximum atomic E-state index is 14.0. The van der Waals surface area contributed by atoms with Gasteiger partial charge in [-0.3, -0.25) is 9.59 Å². The molecule has 9 nitrogen and oxygen atoms in total. The lowest BCUT2D eigenvalue weighted by molar-refractivity contribution is -0.126. The number of halogens is 1. The number of aromatic nitrogens is 2. The van der Waals surface area contributed by atoms with Crippen LogP contribution in [0, 0.1) is 12.7 Å². The van der Waals surface area contributed by atoms with Crippen LogP contribution in [0.15, 0.2) is 22.7 Å². The molecule has 0 unspecified atom stereocenters. The van der Waals surface area contributed by atoms with E-state index in [-0.39, 0.29) is 42.2 Å². The number of hydrogen-bond acceptors (Lipinski definition) is 7. The normalized spacial score (nSPS) is 19.1. The van der Waals surface area contributed by atoms with Gasteiger partial charge in [0.1, 0.15) is 6.61 Å². The molecule has 2 heterocycles. The van der Waals surface area contributed by atoms with Gasteiger partial charge in [-0.2, -0.15) is 4.98 Å². The first-order chi connectivity index (χ1) is 13.9. The molecule has 2 aromatic rings. The van der Waals surface area contributed by atoms with Gasteiger partial charge in [-0.25, -0.2) is 4.39 Å². The quantitative estimate of drug-likeness (QED) is 0.770. The molecule has 1 aromatic carbocycles. The largest absolute Gasteiger partial charge is 0.494 e. The van der Waals surface area contributed by atoms with E-state index in [0.29, 0.717) is 24.7 Å². The Balaban J connectivity index is 1.79. The van der Waals surface area contributed by atoms with Crippen molar-refractivity contribution in [3.63, 3.8) is 0 Å². The number of methoxy groups -OCH3 is 2. The van der Waals surface area contributed by atoms with Crippen LogP contribution in [-0.4, -0.2) is 66.8 Å². The van der Waals surface area contributed by atoms with E-state index < -0.39 is 11.9 Å². The number of rotatable bonds is 6. The van der Waals surface area contributed by atoms with Crippen molar-refractivity contribution in [1.29, 1.82) is 0 Å². The molecule has 1 saturated heterocycles. The van der Waals surface area contributed by atoms with Crippen molar-refractivity contribution in [1.82, 2.24) is 20.4 Å². The summed E-state index contributed by atoms with van der Waals surface area (Å²) in [5.41, 5.74) is 0.206. The number of hydrogen-bond donors (Lipinski definition) is 1. The summed E-state index contributed by atoms with van der Waals surface area (Å²) in [7, 11) is 2.78. The van der Waals surface area contributed by atoms with E-state index in [0.717, 1.165) is 6.07 Å². The fourth-order valence-corrected chi connectivity index (χ4v) is 3.40. The molecule has 0 bridgehead atoms. The van der Waals surface area contributed by atoms with Crippen LogP contribution in [0.25, 0.3) is 0 Å². The van der Waals surface area contributed by atoms with Gasteiger partial charge < -0.3 is 24.2 Å². The third-order valence-electron chi connectivity index (χ3n) is 4.78. The van der Waals surface area contributed by atoms with E-state index in [1.807, 2.05) is 0 Å². The highest BCUT2D eigenvalue weighted by molar-refractivity contribution is 5.94. The van der Waals surface area contributed by atoms with Gasteiger partial charge in [0.05, 0.1) is 19.1 Å². The predicted molar refractivity (Wildman–Crippen MR) is 99.1 cm³/mol. The molecule has 1 N–H and O–H groups in total. The summed E-state index contributed by atoms with van der Waals surface area (Å²) >= 11 is 0. The zero-order valence-corrected chi connectivity index (χ0v) is 16.5. The Bertz CT molecular complexity index is 887. The van der Waals surface area contributed by atoms with Crippen molar-refractivity contribution in [2.75, 3.05) is 33.9 Å². The minimum atomic E-state index is -0.612. The first-order valence-corrected chi connectivity index (χ1v) is 9.14. The summed E-state index contributed by atoms with van der Waals surface area (Å²) in [6.07, 6.45) is 0.504. The molecule has 156 valence electrons. The summed E-state index contributed by atoms with van der Waals surface area (Å²) < 4.78 is 29.1. The zero-order chi connectivity index (χ0) is 21.0. The molecule has 0 radical (unpaired) electrons. The third-order valence-corrected chi connectivity index (χ3v) is 4.78. The number of carbonyl (C=O) groups is 2. The minimum Gasteiger partial charge on any atom is -0.494 e. The molecule has 1 fully saturated rings. The van der Waals surface area contributed by atoms with Crippen molar-refractivity contribution in [2.24, 2.45) is 0 Å². The van der Waals surface area contributed by atoms with Gasteiger partial charge in [-0.15, -0.1) is 0 Å². The lowest BCUT2D eigenvalue weighted by Gasteiger charge is -2.37. The van der Waals surface area contributed by atoms with Crippen molar-refractivity contribution in [2.45, 2.75) is 25.3 Å². The molecular weight excluding hydrogens is 383 g/mol. The Morgan fingerprint density at radius 1 is 1.38 bits per heavy atom. The molecule has 1 aromatic heterocycles. The van der Waals surface area contributed by atoms with Gasteiger partial charge >= 0.3 is 0 Å². The first-order valence-electron chi connectivity index (χ1n) is 9.14. The second-order valence-electron chi connectivity index (χ2n) is 6.78. The average molecular weight is 406 g/mol. The fraction of sp³-hybridized carbons (Fsp3) is 0.474. The van der Waals surface area contributed by atoms with Crippen LogP contribution < -0.4 is 10.1 Å². The van der Waals surface area contributed by atoms with E-state index in [9.17, 15) is 14.0 Å². The number of ether oxygens (including phenoxy) is 2. The van der Waals surface area contributed by atoms with Crippen LogP contribution in [0.1, 0.15) is 34.4 Å². The lowest BCUT2D eigenvalue weighted by Crippen LogP contribution is -2.53. The summed E-state index contributed by atoms with van der Waals surface area (Å²) in [4.78, 5) is 30.8. The molecule has 0 saturated carbocycles. The third kappa shape index (κ3) is 4.70. The highest BCUT2D eigenvalue weighted by Gasteiger charge is 2.37. The van der Waals surface area contributed by atoms with Crippen molar-refractivity contribution in [3.05, 3.63) is 41.3 Å². The van der Waals surface area contributed by atoms with Crippen molar-refractivity contribution in [3.8, 4) is 5.75 Å². The van der Waals surface area contributed by atoms with Gasteiger partial charge in [0.25, 0.3) is 5.91 Å². The Labute approximate surface area is 167 Å². The van der Waals surface area contributed by atoms with Crippen LogP contribution >= 0.6 is 0 Å². The van der Waals surface area contributed by atoms with Gasteiger partial charge in [-0.05, 0) is 31.5 Å². The van der Waals surface area contributed by atoms with Crippen molar-refractivity contribution >= 4 is 11.8 Å². The SMILES string of the molecule is COCC(=O)N[C@@H]1CN(C(=O)c2ccc(OC)c(F)c2)CC[C@@H]1c1nc(C)no1. The summed E-state index contributed by atoms with van der Waals surface area (Å²) in [5.74, 6) is -0.534. The number of nitrogens with one attached hydrogen (secondary N) is 1. The number of likely N-dealkylation sites (tertiary alicyclic amines) is 1. The predicted octanol–water partition coefficient (Wildman–Crippen LogP) is 1.29. The Hall–Kier alpha value is -3.01. The molecule has 2 atom stereocenters. The Kier molecular flexibility index (Phi) is 6.42. The second kappa shape index (κ2) is 8.99. The smallest absolute Gasteiger partial charge is 0.254 e. The lowest BCUT2D eigenvalue weighted by atomic mass is 9.90. The summed E-state index contributed by atoms with van der Waals surface area (Å²) in [5, 5.41) is 6.68. The van der Waals surface area contributed by atoms with Crippen LogP contribution in [0.4, 0.5) is 4.39 Å². The number of nitrogens with zero attached hydrogens (tertiary/aromatic N) is 3. The molecule has 0 aliphatic carbocycles. The van der Waals surface area contributed by atoms with Crippen LogP contribution in [0.2, 0.25) is 0 Å². The van der Waals surface area contributed by atoms with Crippen molar-refractivity contribution < 1.29 is 28.0 Å². The Morgan fingerprint density at radius 3 is 2.79 bits per heavy atom. The van der Waals surface area contributed by atoms with E-state index in [2.05, 4.69) is 15.5 Å². The maximum Gasteiger partial charge on any atom is 0.254 e. The van der Waals surface area contributed by atoms with Gasteiger partial charge in [0.15, 0.2) is 17.4 Å². The minimum absolute atomic E-state index is 0.0664. The average Bonchev–Trinajstić information content (AvgIpc) is 3.13. The van der Waals surface area contributed by atoms with E-state index in [4.69, 9.17) is 14.0 Å². The highest BCUT2D eigenvalue weighted by Crippen LogP contribution is 2.29. The fourth-order valence-electron chi connectivity index (χ4n) is 3.40. The topological polar surface area (TPSA) is 107 Å². The van der Waals surface area contributed by atoms with Gasteiger partial charge in [0, 0.05) is 25.8 Å². The standard InChI is InChI=1S/C19H23FN4O5/c1-11-21-18(29-23-11)13-6-7-24(9-15(13)22-17(25)10-27-2)19(26)12-4-5-16(28-3)14(20)8-12/h4-5,8,13,15H,6-7,9-10H2,1-3H3,(H,22,25)/t13-,15+/m0/s1. The van der Waals surface area contributed by atoms with E-state index >= 15 is 0 Å². The number of carbonyl (C=O) groups excluding carboxylic acids is 2. The van der Waals surface area contributed by atoms with Crippen LogP contribution in [0.3, 0.4) is 0 Å². The summed E-state index contributed by atoms with van der Waals surface area (Å²) in [6, 6.07) is 3.62.